The second kappa shape index (κ2) is 1.88. The van der Waals surface area contributed by atoms with Crippen molar-refractivity contribution in [2.24, 2.45) is 5.73 Å². The van der Waals surface area contributed by atoms with E-state index >= 15 is 0 Å². The summed E-state index contributed by atoms with van der Waals surface area (Å²) in [6.45, 7) is 3.30. The SMILES string of the molecule is CC1(N)C=CCOC1. The van der Waals surface area contributed by atoms with Crippen LogP contribution in [0.25, 0.3) is 0 Å². The maximum atomic E-state index is 5.67. The Labute approximate surface area is 49.3 Å². The van der Waals surface area contributed by atoms with Crippen molar-refractivity contribution >= 4 is 0 Å². The van der Waals surface area contributed by atoms with Crippen LogP contribution in [0.4, 0.5) is 0 Å². The van der Waals surface area contributed by atoms with E-state index in [4.69, 9.17) is 10.5 Å². The maximum absolute atomic E-state index is 5.67. The highest BCUT2D eigenvalue weighted by Gasteiger charge is 2.16. The van der Waals surface area contributed by atoms with E-state index in [-0.39, 0.29) is 5.54 Å². The zero-order valence-corrected chi connectivity index (χ0v) is 5.05. The standard InChI is InChI=1S/C6H11NO/c1-6(7)3-2-4-8-5-6/h2-3H,4-5,7H2,1H3. The molecule has 2 heteroatoms. The summed E-state index contributed by atoms with van der Waals surface area (Å²) < 4.78 is 5.07. The lowest BCUT2D eigenvalue weighted by Gasteiger charge is -2.23. The van der Waals surface area contributed by atoms with Crippen LogP contribution in [0.5, 0.6) is 0 Å². The van der Waals surface area contributed by atoms with E-state index in [1.165, 1.54) is 0 Å². The summed E-state index contributed by atoms with van der Waals surface area (Å²) in [5, 5.41) is 0. The highest BCUT2D eigenvalue weighted by atomic mass is 16.5. The van der Waals surface area contributed by atoms with Crippen molar-refractivity contribution in [3.05, 3.63) is 12.2 Å². The molecule has 1 aliphatic rings. The van der Waals surface area contributed by atoms with Gasteiger partial charge in [-0.25, -0.2) is 0 Å². The van der Waals surface area contributed by atoms with Crippen LogP contribution in [-0.2, 0) is 4.74 Å². The molecule has 0 saturated heterocycles. The molecule has 0 aromatic rings. The number of nitrogens with two attached hydrogens (primary N) is 1. The molecule has 46 valence electrons. The van der Waals surface area contributed by atoms with Crippen LogP contribution in [0.15, 0.2) is 12.2 Å². The van der Waals surface area contributed by atoms with E-state index in [0.29, 0.717) is 13.2 Å². The van der Waals surface area contributed by atoms with Gasteiger partial charge < -0.3 is 10.5 Å². The monoisotopic (exact) mass is 113 g/mol. The predicted molar refractivity (Wildman–Crippen MR) is 32.6 cm³/mol. The van der Waals surface area contributed by atoms with Crippen molar-refractivity contribution in [1.29, 1.82) is 0 Å². The van der Waals surface area contributed by atoms with Gasteiger partial charge >= 0.3 is 0 Å². The molecule has 0 aromatic heterocycles. The van der Waals surface area contributed by atoms with Gasteiger partial charge in [-0.3, -0.25) is 0 Å². The Balaban J connectivity index is 2.56. The third kappa shape index (κ3) is 1.32. The Hall–Kier alpha value is -0.340. The second-order valence-corrected chi connectivity index (χ2v) is 2.42. The molecule has 1 rings (SSSR count). The summed E-state index contributed by atoms with van der Waals surface area (Å²) in [6, 6.07) is 0. The van der Waals surface area contributed by atoms with Crippen molar-refractivity contribution < 1.29 is 4.74 Å². The first-order valence-corrected chi connectivity index (χ1v) is 2.75. The molecule has 0 spiro atoms. The summed E-state index contributed by atoms with van der Waals surface area (Å²) in [6.07, 6.45) is 3.93. The largest absolute Gasteiger partial charge is 0.375 e. The molecule has 1 unspecified atom stereocenters. The molecule has 0 bridgehead atoms. The van der Waals surface area contributed by atoms with Gasteiger partial charge in [0.1, 0.15) is 0 Å². The van der Waals surface area contributed by atoms with Crippen LogP contribution in [0.3, 0.4) is 0 Å². The summed E-state index contributed by atoms with van der Waals surface area (Å²) >= 11 is 0. The zero-order chi connectivity index (χ0) is 6.04. The summed E-state index contributed by atoms with van der Waals surface area (Å²) in [5.74, 6) is 0. The number of hydrogen-bond donors (Lipinski definition) is 1. The number of hydrogen-bond acceptors (Lipinski definition) is 2. The quantitative estimate of drug-likeness (QED) is 0.458. The number of ether oxygens (including phenoxy) is 1. The molecular formula is C6H11NO. The van der Waals surface area contributed by atoms with Crippen LogP contribution in [-0.4, -0.2) is 18.8 Å². The molecule has 2 N–H and O–H groups in total. The molecule has 8 heavy (non-hydrogen) atoms. The lowest BCUT2D eigenvalue weighted by molar-refractivity contribution is 0.118. The minimum atomic E-state index is -0.224. The average molecular weight is 113 g/mol. The Morgan fingerprint density at radius 1 is 1.75 bits per heavy atom. The first kappa shape index (κ1) is 5.79. The minimum absolute atomic E-state index is 0.224. The van der Waals surface area contributed by atoms with Gasteiger partial charge in [-0.2, -0.15) is 0 Å². The molecule has 1 heterocycles. The lowest BCUT2D eigenvalue weighted by Crippen LogP contribution is -2.40. The summed E-state index contributed by atoms with van der Waals surface area (Å²) in [5.41, 5.74) is 5.44. The zero-order valence-electron chi connectivity index (χ0n) is 5.05. The molecule has 0 amide bonds. The molecule has 2 nitrogen and oxygen atoms in total. The summed E-state index contributed by atoms with van der Waals surface area (Å²) in [7, 11) is 0. The molecule has 0 fully saturated rings. The van der Waals surface area contributed by atoms with Gasteiger partial charge in [-0.1, -0.05) is 12.2 Å². The van der Waals surface area contributed by atoms with Crippen molar-refractivity contribution in [1.82, 2.24) is 0 Å². The van der Waals surface area contributed by atoms with Gasteiger partial charge in [-0.05, 0) is 6.92 Å². The van der Waals surface area contributed by atoms with Crippen LogP contribution < -0.4 is 5.73 Å². The molecule has 0 radical (unpaired) electrons. The van der Waals surface area contributed by atoms with Crippen LogP contribution in [0.2, 0.25) is 0 Å². The van der Waals surface area contributed by atoms with Crippen molar-refractivity contribution in [2.45, 2.75) is 12.5 Å². The Bertz CT molecular complexity index is 107. The third-order valence-electron chi connectivity index (χ3n) is 1.13. The van der Waals surface area contributed by atoms with Gasteiger partial charge in [0.15, 0.2) is 0 Å². The normalized spacial score (nSPS) is 37.8. The fourth-order valence-corrected chi connectivity index (χ4v) is 0.712. The van der Waals surface area contributed by atoms with Crippen LogP contribution in [0.1, 0.15) is 6.92 Å². The Kier molecular flexibility index (Phi) is 1.36. The van der Waals surface area contributed by atoms with E-state index in [1.807, 2.05) is 19.1 Å². The summed E-state index contributed by atoms with van der Waals surface area (Å²) in [4.78, 5) is 0. The lowest BCUT2D eigenvalue weighted by atomic mass is 10.0. The van der Waals surface area contributed by atoms with E-state index in [9.17, 15) is 0 Å². The average Bonchev–Trinajstić information content (AvgIpc) is 1.65. The van der Waals surface area contributed by atoms with Crippen molar-refractivity contribution in [3.63, 3.8) is 0 Å². The van der Waals surface area contributed by atoms with Gasteiger partial charge in [0, 0.05) is 0 Å². The Morgan fingerprint density at radius 3 is 2.75 bits per heavy atom. The first-order valence-electron chi connectivity index (χ1n) is 2.75. The molecule has 1 aliphatic heterocycles. The van der Waals surface area contributed by atoms with Gasteiger partial charge in [-0.15, -0.1) is 0 Å². The Morgan fingerprint density at radius 2 is 2.50 bits per heavy atom. The van der Waals surface area contributed by atoms with Gasteiger partial charge in [0.2, 0.25) is 0 Å². The smallest absolute Gasteiger partial charge is 0.0683 e. The molecule has 1 atom stereocenters. The van der Waals surface area contributed by atoms with E-state index < -0.39 is 0 Å². The fraction of sp³-hybridized carbons (Fsp3) is 0.667. The van der Waals surface area contributed by atoms with E-state index in [2.05, 4.69) is 0 Å². The second-order valence-electron chi connectivity index (χ2n) is 2.42. The van der Waals surface area contributed by atoms with Gasteiger partial charge in [0.25, 0.3) is 0 Å². The van der Waals surface area contributed by atoms with Crippen molar-refractivity contribution in [2.75, 3.05) is 13.2 Å². The predicted octanol–water partition coefficient (Wildman–Crippen LogP) is 0.290. The molecule has 0 saturated carbocycles. The van der Waals surface area contributed by atoms with Crippen molar-refractivity contribution in [3.8, 4) is 0 Å². The highest BCUT2D eigenvalue weighted by Crippen LogP contribution is 2.06. The molecular weight excluding hydrogens is 102 g/mol. The number of rotatable bonds is 0. The third-order valence-corrected chi connectivity index (χ3v) is 1.13. The topological polar surface area (TPSA) is 35.2 Å². The maximum Gasteiger partial charge on any atom is 0.0683 e. The highest BCUT2D eigenvalue weighted by molar-refractivity contribution is 5.04. The fourth-order valence-electron chi connectivity index (χ4n) is 0.712. The van der Waals surface area contributed by atoms with E-state index in [1.54, 1.807) is 0 Å². The van der Waals surface area contributed by atoms with Crippen LogP contribution >= 0.6 is 0 Å². The minimum Gasteiger partial charge on any atom is -0.375 e. The van der Waals surface area contributed by atoms with Crippen LogP contribution in [0, 0.1) is 0 Å². The van der Waals surface area contributed by atoms with E-state index in [0.717, 1.165) is 0 Å². The van der Waals surface area contributed by atoms with Gasteiger partial charge in [0.05, 0.1) is 18.8 Å². The molecule has 0 aliphatic carbocycles. The molecule has 0 aromatic carbocycles. The first-order chi connectivity index (χ1) is 3.71.